The fraction of sp³-hybridized carbons (Fsp3) is 0.500. The van der Waals surface area contributed by atoms with Crippen molar-refractivity contribution < 1.29 is 18.0 Å². The van der Waals surface area contributed by atoms with Gasteiger partial charge >= 0.3 is 6.18 Å². The van der Waals surface area contributed by atoms with Crippen molar-refractivity contribution in [2.75, 3.05) is 31.1 Å². The number of nitrogens with zero attached hydrogens (tertiary/aromatic N) is 3. The van der Waals surface area contributed by atoms with Crippen molar-refractivity contribution in [2.45, 2.75) is 25.9 Å². The molecule has 0 aliphatic carbocycles. The first-order chi connectivity index (χ1) is 10.9. The van der Waals surface area contributed by atoms with Crippen LogP contribution in [0.15, 0.2) is 18.2 Å². The predicted octanol–water partition coefficient (Wildman–Crippen LogP) is 3.03. The average Bonchev–Trinajstić information content (AvgIpc) is 2.78. The van der Waals surface area contributed by atoms with Crippen LogP contribution in [0.25, 0.3) is 0 Å². The molecule has 0 bridgehead atoms. The average molecular weight is 325 g/mol. The van der Waals surface area contributed by atoms with Gasteiger partial charge in [0.2, 0.25) is 5.91 Å². The van der Waals surface area contributed by atoms with Gasteiger partial charge in [-0.15, -0.1) is 0 Å². The fourth-order valence-corrected chi connectivity index (χ4v) is 2.71. The van der Waals surface area contributed by atoms with Gasteiger partial charge in [0.1, 0.15) is 0 Å². The molecule has 1 heterocycles. The summed E-state index contributed by atoms with van der Waals surface area (Å²) < 4.78 is 39.2. The van der Waals surface area contributed by atoms with Crippen LogP contribution < -0.4 is 4.90 Å². The van der Waals surface area contributed by atoms with Crippen LogP contribution in [0.4, 0.5) is 18.9 Å². The highest BCUT2D eigenvalue weighted by molar-refractivity contribution is 5.76. The molecule has 0 aromatic heterocycles. The lowest BCUT2D eigenvalue weighted by Gasteiger charge is -2.24. The Morgan fingerprint density at radius 2 is 2.00 bits per heavy atom. The first-order valence-corrected chi connectivity index (χ1v) is 7.51. The summed E-state index contributed by atoms with van der Waals surface area (Å²) in [5.41, 5.74) is -0.857. The number of carbonyl (C=O) groups excluding carboxylic acids is 1. The number of anilines is 1. The van der Waals surface area contributed by atoms with Crippen molar-refractivity contribution in [3.05, 3.63) is 29.3 Å². The van der Waals surface area contributed by atoms with Gasteiger partial charge in [0.05, 0.1) is 17.2 Å². The molecule has 2 rings (SSSR count). The van der Waals surface area contributed by atoms with Crippen LogP contribution in [-0.2, 0) is 11.0 Å². The molecule has 0 radical (unpaired) electrons. The molecule has 1 amide bonds. The second-order valence-corrected chi connectivity index (χ2v) is 5.41. The zero-order valence-corrected chi connectivity index (χ0v) is 12.9. The Labute approximate surface area is 133 Å². The molecule has 1 aromatic carbocycles. The maximum absolute atomic E-state index is 13.1. The Kier molecular flexibility index (Phi) is 5.14. The zero-order valence-electron chi connectivity index (χ0n) is 12.9. The molecule has 23 heavy (non-hydrogen) atoms. The summed E-state index contributed by atoms with van der Waals surface area (Å²) in [6.07, 6.45) is -3.43. The molecule has 1 aliphatic rings. The van der Waals surface area contributed by atoms with E-state index in [1.165, 1.54) is 12.1 Å². The summed E-state index contributed by atoms with van der Waals surface area (Å²) in [6.45, 7) is 3.96. The van der Waals surface area contributed by atoms with E-state index in [0.717, 1.165) is 6.07 Å². The minimum Gasteiger partial charge on any atom is -0.370 e. The van der Waals surface area contributed by atoms with E-state index < -0.39 is 11.7 Å². The van der Waals surface area contributed by atoms with E-state index in [1.54, 1.807) is 17.9 Å². The van der Waals surface area contributed by atoms with Gasteiger partial charge in [0.15, 0.2) is 0 Å². The monoisotopic (exact) mass is 325 g/mol. The second kappa shape index (κ2) is 6.90. The molecule has 4 nitrogen and oxygen atoms in total. The normalized spacial score (nSPS) is 16.0. The first kappa shape index (κ1) is 17.1. The van der Waals surface area contributed by atoms with Crippen molar-refractivity contribution in [2.24, 2.45) is 0 Å². The van der Waals surface area contributed by atoms with Gasteiger partial charge in [0.25, 0.3) is 0 Å². The SMILES string of the molecule is CCC(=O)N1CCCN(c2ccc(C#N)c(C(F)(F)F)c2)CC1. The van der Waals surface area contributed by atoms with Gasteiger partial charge < -0.3 is 9.80 Å². The van der Waals surface area contributed by atoms with Gasteiger partial charge in [0, 0.05) is 38.3 Å². The van der Waals surface area contributed by atoms with Crippen molar-refractivity contribution in [3.63, 3.8) is 0 Å². The summed E-state index contributed by atoms with van der Waals surface area (Å²) in [5.74, 6) is 0.0580. The molecule has 0 unspecified atom stereocenters. The van der Waals surface area contributed by atoms with Gasteiger partial charge in [-0.05, 0) is 24.6 Å². The third-order valence-electron chi connectivity index (χ3n) is 3.95. The topological polar surface area (TPSA) is 47.3 Å². The summed E-state index contributed by atoms with van der Waals surface area (Å²) in [5, 5.41) is 8.84. The van der Waals surface area contributed by atoms with Crippen LogP contribution in [0.2, 0.25) is 0 Å². The highest BCUT2D eigenvalue weighted by Crippen LogP contribution is 2.34. The quantitative estimate of drug-likeness (QED) is 0.840. The molecule has 0 saturated carbocycles. The summed E-state index contributed by atoms with van der Waals surface area (Å²) in [4.78, 5) is 15.3. The fourth-order valence-electron chi connectivity index (χ4n) is 2.71. The number of rotatable bonds is 2. The molecule has 1 aliphatic heterocycles. The van der Waals surface area contributed by atoms with Crippen molar-refractivity contribution in [1.29, 1.82) is 5.26 Å². The molecular weight excluding hydrogens is 307 g/mol. The molecule has 1 saturated heterocycles. The van der Waals surface area contributed by atoms with Crippen LogP contribution >= 0.6 is 0 Å². The lowest BCUT2D eigenvalue weighted by atomic mass is 10.1. The van der Waals surface area contributed by atoms with Gasteiger partial charge in [-0.25, -0.2) is 0 Å². The highest BCUT2D eigenvalue weighted by Gasteiger charge is 2.34. The van der Waals surface area contributed by atoms with E-state index >= 15 is 0 Å². The summed E-state index contributed by atoms with van der Waals surface area (Å²) in [6, 6.07) is 5.35. The Hall–Kier alpha value is -2.23. The van der Waals surface area contributed by atoms with Crippen LogP contribution in [0.5, 0.6) is 0 Å². The third-order valence-corrected chi connectivity index (χ3v) is 3.95. The zero-order chi connectivity index (χ0) is 17.0. The number of benzene rings is 1. The molecule has 7 heteroatoms. The Balaban J connectivity index is 2.22. The Morgan fingerprint density at radius 3 is 2.61 bits per heavy atom. The molecule has 124 valence electrons. The number of hydrogen-bond donors (Lipinski definition) is 0. The smallest absolute Gasteiger partial charge is 0.370 e. The standard InChI is InChI=1S/C16H18F3N3O/c1-2-15(23)22-7-3-6-21(8-9-22)13-5-4-12(11-20)14(10-13)16(17,18)19/h4-5,10H,2-3,6-9H2,1H3. The number of hydrogen-bond acceptors (Lipinski definition) is 3. The van der Waals surface area contributed by atoms with Crippen molar-refractivity contribution >= 4 is 11.6 Å². The van der Waals surface area contributed by atoms with Crippen LogP contribution in [0, 0.1) is 11.3 Å². The van der Waals surface area contributed by atoms with Crippen LogP contribution in [-0.4, -0.2) is 37.0 Å². The van der Waals surface area contributed by atoms with E-state index in [4.69, 9.17) is 5.26 Å². The highest BCUT2D eigenvalue weighted by atomic mass is 19.4. The van der Waals surface area contributed by atoms with Crippen LogP contribution in [0.3, 0.4) is 0 Å². The molecule has 1 aromatic rings. The lowest BCUT2D eigenvalue weighted by Crippen LogP contribution is -2.34. The van der Waals surface area contributed by atoms with Gasteiger partial charge in [-0.2, -0.15) is 18.4 Å². The van der Waals surface area contributed by atoms with E-state index in [1.807, 2.05) is 4.90 Å². The van der Waals surface area contributed by atoms with Crippen molar-refractivity contribution in [3.8, 4) is 6.07 Å². The van der Waals surface area contributed by atoms with Gasteiger partial charge in [-0.3, -0.25) is 4.79 Å². The van der Waals surface area contributed by atoms with E-state index in [9.17, 15) is 18.0 Å². The van der Waals surface area contributed by atoms with E-state index in [-0.39, 0.29) is 11.5 Å². The molecule has 0 spiro atoms. The predicted molar refractivity (Wildman–Crippen MR) is 79.9 cm³/mol. The number of nitriles is 1. The second-order valence-electron chi connectivity index (χ2n) is 5.41. The Morgan fingerprint density at radius 1 is 1.26 bits per heavy atom. The largest absolute Gasteiger partial charge is 0.417 e. The first-order valence-electron chi connectivity index (χ1n) is 7.51. The minimum atomic E-state index is -4.56. The molecular formula is C16H18F3N3O. The van der Waals surface area contributed by atoms with Crippen LogP contribution in [0.1, 0.15) is 30.9 Å². The number of carbonyl (C=O) groups is 1. The maximum atomic E-state index is 13.1. The van der Waals surface area contributed by atoms with E-state index in [0.29, 0.717) is 44.7 Å². The lowest BCUT2D eigenvalue weighted by molar-refractivity contribution is -0.137. The third kappa shape index (κ3) is 3.95. The molecule has 0 N–H and O–H groups in total. The minimum absolute atomic E-state index is 0.0580. The number of halogens is 3. The number of alkyl halides is 3. The number of amides is 1. The van der Waals surface area contributed by atoms with E-state index in [2.05, 4.69) is 0 Å². The Bertz CT molecular complexity index is 622. The molecule has 0 atom stereocenters. The molecule has 1 fully saturated rings. The van der Waals surface area contributed by atoms with Crippen molar-refractivity contribution in [1.82, 2.24) is 4.90 Å². The summed E-state index contributed by atoms with van der Waals surface area (Å²) >= 11 is 0. The maximum Gasteiger partial charge on any atom is 0.417 e. The summed E-state index contributed by atoms with van der Waals surface area (Å²) in [7, 11) is 0. The van der Waals surface area contributed by atoms with Gasteiger partial charge in [-0.1, -0.05) is 6.92 Å².